The maximum absolute atomic E-state index is 11.9. The number of hydrogen-bond acceptors (Lipinski definition) is 1. The summed E-state index contributed by atoms with van der Waals surface area (Å²) in [6.07, 6.45) is 2.30. The summed E-state index contributed by atoms with van der Waals surface area (Å²) in [4.78, 5) is 11.9. The highest BCUT2D eigenvalue weighted by molar-refractivity contribution is 5.90. The predicted molar refractivity (Wildman–Crippen MR) is 83.9 cm³/mol. The average molecular weight is 267 g/mol. The van der Waals surface area contributed by atoms with Crippen LogP contribution in [-0.2, 0) is 17.6 Å². The molecule has 1 amide bonds. The lowest BCUT2D eigenvalue weighted by Crippen LogP contribution is -2.12. The van der Waals surface area contributed by atoms with Crippen LogP contribution < -0.4 is 5.32 Å². The van der Waals surface area contributed by atoms with E-state index in [0.717, 1.165) is 18.5 Å². The molecule has 0 unspecified atom stereocenters. The Morgan fingerprint density at radius 2 is 1.55 bits per heavy atom. The molecule has 104 valence electrons. The number of anilines is 1. The molecular weight excluding hydrogens is 246 g/mol. The maximum atomic E-state index is 11.9. The van der Waals surface area contributed by atoms with Crippen molar-refractivity contribution in [1.29, 1.82) is 0 Å². The minimum absolute atomic E-state index is 0.0647. The highest BCUT2D eigenvalue weighted by Crippen LogP contribution is 2.11. The summed E-state index contributed by atoms with van der Waals surface area (Å²) in [6.45, 7) is 4.19. The lowest BCUT2D eigenvalue weighted by molar-refractivity contribution is -0.116. The molecule has 0 aliphatic rings. The third kappa shape index (κ3) is 4.23. The van der Waals surface area contributed by atoms with Gasteiger partial charge in [0.1, 0.15) is 0 Å². The molecule has 2 nitrogen and oxygen atoms in total. The van der Waals surface area contributed by atoms with Crippen molar-refractivity contribution in [3.05, 3.63) is 65.2 Å². The van der Waals surface area contributed by atoms with Gasteiger partial charge < -0.3 is 5.32 Å². The van der Waals surface area contributed by atoms with Crippen LogP contribution in [-0.4, -0.2) is 5.91 Å². The highest BCUT2D eigenvalue weighted by atomic mass is 16.1. The Hall–Kier alpha value is -2.09. The zero-order chi connectivity index (χ0) is 14.4. The average Bonchev–Trinajstić information content (AvgIpc) is 2.47. The van der Waals surface area contributed by atoms with Crippen LogP contribution in [0.4, 0.5) is 5.69 Å². The SMILES string of the molecule is CCc1ccc(NC(=O)CCc2ccc(C)cc2)cc1. The second-order valence-corrected chi connectivity index (χ2v) is 5.08. The molecule has 0 saturated carbocycles. The Morgan fingerprint density at radius 3 is 2.15 bits per heavy atom. The fourth-order valence-electron chi connectivity index (χ4n) is 2.06. The van der Waals surface area contributed by atoms with Crippen LogP contribution in [0.2, 0.25) is 0 Å². The van der Waals surface area contributed by atoms with Crippen LogP contribution in [0.15, 0.2) is 48.5 Å². The smallest absolute Gasteiger partial charge is 0.224 e. The van der Waals surface area contributed by atoms with Crippen LogP contribution in [0.5, 0.6) is 0 Å². The van der Waals surface area contributed by atoms with Gasteiger partial charge in [-0.3, -0.25) is 4.79 Å². The first-order valence-electron chi connectivity index (χ1n) is 7.11. The lowest BCUT2D eigenvalue weighted by Gasteiger charge is -2.06. The standard InChI is InChI=1S/C18H21NO/c1-3-15-8-11-17(12-9-15)19-18(20)13-10-16-6-4-14(2)5-7-16/h4-9,11-12H,3,10,13H2,1-2H3,(H,19,20). The first-order valence-corrected chi connectivity index (χ1v) is 7.11. The van der Waals surface area contributed by atoms with Crippen LogP contribution in [0, 0.1) is 6.92 Å². The first-order chi connectivity index (χ1) is 9.67. The number of carbonyl (C=O) groups is 1. The van der Waals surface area contributed by atoms with Crippen molar-refractivity contribution in [2.24, 2.45) is 0 Å². The molecule has 0 aliphatic carbocycles. The van der Waals surface area contributed by atoms with Crippen LogP contribution >= 0.6 is 0 Å². The van der Waals surface area contributed by atoms with Crippen molar-refractivity contribution in [1.82, 2.24) is 0 Å². The van der Waals surface area contributed by atoms with E-state index < -0.39 is 0 Å². The van der Waals surface area contributed by atoms with Crippen molar-refractivity contribution in [2.45, 2.75) is 33.1 Å². The van der Waals surface area contributed by atoms with Crippen molar-refractivity contribution in [3.8, 4) is 0 Å². The van der Waals surface area contributed by atoms with Gasteiger partial charge in [0.05, 0.1) is 0 Å². The molecule has 0 heterocycles. The van der Waals surface area contributed by atoms with Crippen LogP contribution in [0.25, 0.3) is 0 Å². The number of hydrogen-bond donors (Lipinski definition) is 1. The van der Waals surface area contributed by atoms with Gasteiger partial charge in [-0.2, -0.15) is 0 Å². The summed E-state index contributed by atoms with van der Waals surface area (Å²) in [7, 11) is 0. The molecule has 0 spiro atoms. The van der Waals surface area contributed by atoms with E-state index >= 15 is 0 Å². The molecule has 2 aromatic carbocycles. The van der Waals surface area contributed by atoms with E-state index in [2.05, 4.69) is 55.6 Å². The van der Waals surface area contributed by atoms with Crippen molar-refractivity contribution in [3.63, 3.8) is 0 Å². The van der Waals surface area contributed by atoms with Gasteiger partial charge in [0, 0.05) is 12.1 Å². The fourth-order valence-corrected chi connectivity index (χ4v) is 2.06. The number of amides is 1. The van der Waals surface area contributed by atoms with Crippen LogP contribution in [0.3, 0.4) is 0 Å². The summed E-state index contributed by atoms with van der Waals surface area (Å²) in [5, 5.41) is 2.94. The number of nitrogens with one attached hydrogen (secondary N) is 1. The van der Waals surface area contributed by atoms with Gasteiger partial charge >= 0.3 is 0 Å². The molecule has 2 aromatic rings. The Bertz CT molecular complexity index is 555. The predicted octanol–water partition coefficient (Wildman–Crippen LogP) is 4.13. The van der Waals surface area contributed by atoms with Gasteiger partial charge in [-0.25, -0.2) is 0 Å². The summed E-state index contributed by atoms with van der Waals surface area (Å²) in [5.74, 6) is 0.0647. The molecule has 0 fully saturated rings. The molecular formula is C18H21NO. The number of benzene rings is 2. The van der Waals surface area contributed by atoms with Gasteiger partial charge in [0.15, 0.2) is 0 Å². The minimum Gasteiger partial charge on any atom is -0.326 e. The lowest BCUT2D eigenvalue weighted by atomic mass is 10.1. The summed E-state index contributed by atoms with van der Waals surface area (Å²) in [5.41, 5.74) is 4.60. The monoisotopic (exact) mass is 267 g/mol. The van der Waals surface area contributed by atoms with Gasteiger partial charge in [0.25, 0.3) is 0 Å². The number of aryl methyl sites for hydroxylation is 3. The Labute approximate surface area is 120 Å². The van der Waals surface area contributed by atoms with Gasteiger partial charge in [-0.1, -0.05) is 48.9 Å². The molecule has 2 rings (SSSR count). The van der Waals surface area contributed by atoms with Crippen LogP contribution in [0.1, 0.15) is 30.0 Å². The maximum Gasteiger partial charge on any atom is 0.224 e. The van der Waals surface area contributed by atoms with E-state index in [-0.39, 0.29) is 5.91 Å². The summed E-state index contributed by atoms with van der Waals surface area (Å²) in [6, 6.07) is 16.3. The second kappa shape index (κ2) is 6.90. The van der Waals surface area contributed by atoms with Crippen molar-refractivity contribution in [2.75, 3.05) is 5.32 Å². The Morgan fingerprint density at radius 1 is 0.950 bits per heavy atom. The fraction of sp³-hybridized carbons (Fsp3) is 0.278. The molecule has 20 heavy (non-hydrogen) atoms. The first kappa shape index (κ1) is 14.3. The topological polar surface area (TPSA) is 29.1 Å². The normalized spacial score (nSPS) is 10.3. The molecule has 0 atom stereocenters. The van der Waals surface area contributed by atoms with Gasteiger partial charge in [-0.05, 0) is 43.0 Å². The Kier molecular flexibility index (Phi) is 4.94. The molecule has 0 aliphatic heterocycles. The van der Waals surface area contributed by atoms with Gasteiger partial charge in [0.2, 0.25) is 5.91 Å². The van der Waals surface area contributed by atoms with E-state index in [1.165, 1.54) is 16.7 Å². The van der Waals surface area contributed by atoms with Crippen molar-refractivity contribution >= 4 is 11.6 Å². The summed E-state index contributed by atoms with van der Waals surface area (Å²) < 4.78 is 0. The van der Waals surface area contributed by atoms with E-state index in [1.54, 1.807) is 0 Å². The Balaban J connectivity index is 1.84. The second-order valence-electron chi connectivity index (χ2n) is 5.08. The zero-order valence-corrected chi connectivity index (χ0v) is 12.1. The van der Waals surface area contributed by atoms with E-state index in [9.17, 15) is 4.79 Å². The zero-order valence-electron chi connectivity index (χ0n) is 12.1. The molecule has 0 aromatic heterocycles. The van der Waals surface area contributed by atoms with E-state index in [1.807, 2.05) is 12.1 Å². The number of rotatable bonds is 5. The molecule has 1 N–H and O–H groups in total. The van der Waals surface area contributed by atoms with Crippen molar-refractivity contribution < 1.29 is 4.79 Å². The highest BCUT2D eigenvalue weighted by Gasteiger charge is 2.03. The molecule has 0 saturated heterocycles. The molecule has 0 bridgehead atoms. The minimum atomic E-state index is 0.0647. The molecule has 2 heteroatoms. The quantitative estimate of drug-likeness (QED) is 0.867. The van der Waals surface area contributed by atoms with E-state index in [4.69, 9.17) is 0 Å². The van der Waals surface area contributed by atoms with Gasteiger partial charge in [-0.15, -0.1) is 0 Å². The molecule has 0 radical (unpaired) electrons. The third-order valence-electron chi connectivity index (χ3n) is 3.41. The third-order valence-corrected chi connectivity index (χ3v) is 3.41. The summed E-state index contributed by atoms with van der Waals surface area (Å²) >= 11 is 0. The van der Waals surface area contributed by atoms with E-state index in [0.29, 0.717) is 6.42 Å². The number of carbonyl (C=O) groups excluding carboxylic acids is 1. The largest absolute Gasteiger partial charge is 0.326 e.